The number of carbonyl (C=O) groups is 1. The van der Waals surface area contributed by atoms with Crippen molar-refractivity contribution < 1.29 is 9.18 Å². The van der Waals surface area contributed by atoms with E-state index in [1.54, 1.807) is 12.1 Å². The van der Waals surface area contributed by atoms with Crippen LogP contribution >= 0.6 is 0 Å². The Bertz CT molecular complexity index is 736. The van der Waals surface area contributed by atoms with Crippen LogP contribution in [0.25, 0.3) is 0 Å². The van der Waals surface area contributed by atoms with Gasteiger partial charge in [-0.25, -0.2) is 9.82 Å². The number of nitrogens with zero attached hydrogens (tertiary/aromatic N) is 2. The van der Waals surface area contributed by atoms with Crippen LogP contribution in [0.5, 0.6) is 0 Å². The highest BCUT2D eigenvalue weighted by Gasteiger charge is 2.15. The maximum Gasteiger partial charge on any atom is 0.259 e. The van der Waals surface area contributed by atoms with Crippen molar-refractivity contribution >= 4 is 17.3 Å². The van der Waals surface area contributed by atoms with Crippen LogP contribution < -0.4 is 10.7 Å². The van der Waals surface area contributed by atoms with Crippen LogP contribution in [-0.4, -0.2) is 36.2 Å². The second-order valence-corrected chi connectivity index (χ2v) is 6.34. The highest BCUT2D eigenvalue weighted by Crippen LogP contribution is 2.12. The van der Waals surface area contributed by atoms with Crippen LogP contribution in [0.1, 0.15) is 18.4 Å². The van der Waals surface area contributed by atoms with E-state index in [0.717, 1.165) is 38.2 Å². The Morgan fingerprint density at radius 1 is 1.04 bits per heavy atom. The Kier molecular flexibility index (Phi) is 6.33. The van der Waals surface area contributed by atoms with Gasteiger partial charge in [0, 0.05) is 43.9 Å². The summed E-state index contributed by atoms with van der Waals surface area (Å²) >= 11 is 0. The number of halogens is 1. The average molecular weight is 354 g/mol. The first-order chi connectivity index (χ1) is 12.7. The standard InChI is InChI=1S/C20H23FN4O/c21-17-6-8-18(9-7-17)22-14-20(26)24-23-19-10-12-25(13-11-19)15-16-4-2-1-3-5-16/h1-9,22H,10-15H2,(H,24,26). The molecule has 136 valence electrons. The Morgan fingerprint density at radius 3 is 2.42 bits per heavy atom. The lowest BCUT2D eigenvalue weighted by Gasteiger charge is -2.27. The van der Waals surface area contributed by atoms with Gasteiger partial charge in [-0.3, -0.25) is 9.69 Å². The van der Waals surface area contributed by atoms with E-state index in [9.17, 15) is 9.18 Å². The minimum Gasteiger partial charge on any atom is -0.376 e. The Hall–Kier alpha value is -2.73. The number of amides is 1. The van der Waals surface area contributed by atoms with Crippen molar-refractivity contribution in [3.63, 3.8) is 0 Å². The number of benzene rings is 2. The average Bonchev–Trinajstić information content (AvgIpc) is 2.68. The highest BCUT2D eigenvalue weighted by molar-refractivity contribution is 5.88. The maximum absolute atomic E-state index is 12.8. The van der Waals surface area contributed by atoms with Gasteiger partial charge in [0.15, 0.2) is 0 Å². The summed E-state index contributed by atoms with van der Waals surface area (Å²) in [5, 5.41) is 7.18. The number of hydrogen-bond donors (Lipinski definition) is 2. The molecule has 2 aromatic carbocycles. The Balaban J connectivity index is 1.38. The molecule has 1 amide bonds. The molecule has 1 heterocycles. The quantitative estimate of drug-likeness (QED) is 0.784. The first-order valence-electron chi connectivity index (χ1n) is 8.79. The Morgan fingerprint density at radius 2 is 1.73 bits per heavy atom. The fourth-order valence-electron chi connectivity index (χ4n) is 2.85. The van der Waals surface area contributed by atoms with Crippen molar-refractivity contribution in [2.75, 3.05) is 25.0 Å². The number of rotatable bonds is 6. The minimum atomic E-state index is -0.301. The zero-order valence-electron chi connectivity index (χ0n) is 14.6. The lowest BCUT2D eigenvalue weighted by molar-refractivity contribution is -0.119. The van der Waals surface area contributed by atoms with E-state index in [4.69, 9.17) is 0 Å². The smallest absolute Gasteiger partial charge is 0.259 e. The van der Waals surface area contributed by atoms with Gasteiger partial charge in [-0.05, 0) is 29.8 Å². The fraction of sp³-hybridized carbons (Fsp3) is 0.300. The van der Waals surface area contributed by atoms with Gasteiger partial charge in [0.25, 0.3) is 5.91 Å². The van der Waals surface area contributed by atoms with E-state index >= 15 is 0 Å². The molecular weight excluding hydrogens is 331 g/mol. The van der Waals surface area contributed by atoms with Crippen molar-refractivity contribution in [3.05, 3.63) is 66.0 Å². The zero-order valence-corrected chi connectivity index (χ0v) is 14.6. The van der Waals surface area contributed by atoms with Crippen LogP contribution in [0.2, 0.25) is 0 Å². The molecule has 1 aliphatic rings. The van der Waals surface area contributed by atoms with Crippen LogP contribution in [0, 0.1) is 5.82 Å². The van der Waals surface area contributed by atoms with E-state index in [1.807, 2.05) is 6.07 Å². The molecule has 0 unspecified atom stereocenters. The topological polar surface area (TPSA) is 56.7 Å². The molecule has 3 rings (SSSR count). The van der Waals surface area contributed by atoms with Gasteiger partial charge in [0.2, 0.25) is 0 Å². The molecule has 1 saturated heterocycles. The van der Waals surface area contributed by atoms with Crippen molar-refractivity contribution in [1.82, 2.24) is 10.3 Å². The summed E-state index contributed by atoms with van der Waals surface area (Å²) in [7, 11) is 0. The lowest BCUT2D eigenvalue weighted by Crippen LogP contribution is -2.35. The minimum absolute atomic E-state index is 0.0997. The van der Waals surface area contributed by atoms with Crippen LogP contribution in [0.15, 0.2) is 59.7 Å². The lowest BCUT2D eigenvalue weighted by atomic mass is 10.1. The molecule has 2 N–H and O–H groups in total. The van der Waals surface area contributed by atoms with Crippen molar-refractivity contribution in [3.8, 4) is 0 Å². The number of likely N-dealkylation sites (tertiary alicyclic amines) is 1. The molecule has 1 fully saturated rings. The van der Waals surface area contributed by atoms with Gasteiger partial charge in [0.05, 0.1) is 6.54 Å². The van der Waals surface area contributed by atoms with Crippen LogP contribution in [0.3, 0.4) is 0 Å². The third-order valence-electron chi connectivity index (χ3n) is 4.32. The summed E-state index contributed by atoms with van der Waals surface area (Å²) in [5.41, 5.74) is 5.62. The van der Waals surface area contributed by atoms with Gasteiger partial charge in [-0.2, -0.15) is 5.10 Å². The molecule has 2 aromatic rings. The molecule has 0 bridgehead atoms. The van der Waals surface area contributed by atoms with Gasteiger partial charge in [-0.15, -0.1) is 0 Å². The first-order valence-corrected chi connectivity index (χ1v) is 8.79. The summed E-state index contributed by atoms with van der Waals surface area (Å²) in [6.07, 6.45) is 1.72. The molecule has 0 atom stereocenters. The second-order valence-electron chi connectivity index (χ2n) is 6.34. The molecule has 0 aromatic heterocycles. The molecule has 0 saturated carbocycles. The molecule has 0 spiro atoms. The summed E-state index contributed by atoms with van der Waals surface area (Å²) in [6, 6.07) is 16.3. The number of carbonyl (C=O) groups excluding carboxylic acids is 1. The largest absolute Gasteiger partial charge is 0.376 e. The van der Waals surface area contributed by atoms with Crippen molar-refractivity contribution in [2.45, 2.75) is 19.4 Å². The zero-order chi connectivity index (χ0) is 18.2. The van der Waals surface area contributed by atoms with Gasteiger partial charge in [-0.1, -0.05) is 30.3 Å². The van der Waals surface area contributed by atoms with E-state index in [1.165, 1.54) is 17.7 Å². The van der Waals surface area contributed by atoms with Gasteiger partial charge in [0.1, 0.15) is 5.82 Å². The maximum atomic E-state index is 12.8. The summed E-state index contributed by atoms with van der Waals surface area (Å²) in [5.74, 6) is -0.515. The number of piperidine rings is 1. The van der Waals surface area contributed by atoms with Crippen molar-refractivity contribution in [2.24, 2.45) is 5.10 Å². The summed E-state index contributed by atoms with van der Waals surface area (Å²) < 4.78 is 12.8. The molecule has 5 nitrogen and oxygen atoms in total. The van der Waals surface area contributed by atoms with Crippen molar-refractivity contribution in [1.29, 1.82) is 0 Å². The number of anilines is 1. The predicted octanol–water partition coefficient (Wildman–Crippen LogP) is 3.01. The second kappa shape index (κ2) is 9.10. The Labute approximate surface area is 152 Å². The number of nitrogens with one attached hydrogen (secondary N) is 2. The van der Waals surface area contributed by atoms with E-state index in [0.29, 0.717) is 5.69 Å². The highest BCUT2D eigenvalue weighted by atomic mass is 19.1. The molecule has 1 aliphatic heterocycles. The first kappa shape index (κ1) is 18.1. The SMILES string of the molecule is O=C(CNc1ccc(F)cc1)NN=C1CCN(Cc2ccccc2)CC1. The fourth-order valence-corrected chi connectivity index (χ4v) is 2.85. The monoisotopic (exact) mass is 354 g/mol. The number of hydrazone groups is 1. The van der Waals surface area contributed by atoms with Crippen LogP contribution in [-0.2, 0) is 11.3 Å². The van der Waals surface area contributed by atoms with E-state index < -0.39 is 0 Å². The van der Waals surface area contributed by atoms with Crippen LogP contribution in [0.4, 0.5) is 10.1 Å². The van der Waals surface area contributed by atoms with Gasteiger partial charge < -0.3 is 5.32 Å². The third kappa shape index (κ3) is 5.67. The normalized spacial score (nSPS) is 14.7. The third-order valence-corrected chi connectivity index (χ3v) is 4.32. The van der Waals surface area contributed by atoms with Gasteiger partial charge >= 0.3 is 0 Å². The molecule has 26 heavy (non-hydrogen) atoms. The molecule has 0 radical (unpaired) electrons. The summed E-state index contributed by atoms with van der Waals surface area (Å²) in [4.78, 5) is 14.3. The molecule has 6 heteroatoms. The summed E-state index contributed by atoms with van der Waals surface area (Å²) in [6.45, 7) is 2.93. The molecular formula is C20H23FN4O. The van der Waals surface area contributed by atoms with E-state index in [2.05, 4.69) is 45.0 Å². The molecule has 0 aliphatic carbocycles. The van der Waals surface area contributed by atoms with E-state index in [-0.39, 0.29) is 18.3 Å². The number of hydrogen-bond acceptors (Lipinski definition) is 4. The predicted molar refractivity (Wildman–Crippen MR) is 101 cm³/mol.